The molecule has 0 saturated carbocycles. The van der Waals surface area contributed by atoms with Crippen molar-refractivity contribution in [2.75, 3.05) is 26.2 Å². The lowest BCUT2D eigenvalue weighted by Crippen LogP contribution is -2.36. The number of nitrogens with one attached hydrogen (secondary N) is 1. The average molecular weight is 423 g/mol. The summed E-state index contributed by atoms with van der Waals surface area (Å²) in [7, 11) is 0. The number of amides is 1. The van der Waals surface area contributed by atoms with Gasteiger partial charge in [0, 0.05) is 12.1 Å². The minimum Gasteiger partial charge on any atom is -0.493 e. The maximum atomic E-state index is 12.8. The van der Waals surface area contributed by atoms with Crippen LogP contribution in [0.5, 0.6) is 5.75 Å². The van der Waals surface area contributed by atoms with Crippen LogP contribution < -0.4 is 10.1 Å². The van der Waals surface area contributed by atoms with Crippen molar-refractivity contribution in [3.63, 3.8) is 0 Å². The molecule has 0 spiro atoms. The monoisotopic (exact) mass is 422 g/mol. The number of likely N-dealkylation sites (tertiary alicyclic amines) is 1. The Bertz CT molecular complexity index is 829. The molecule has 1 saturated heterocycles. The molecule has 1 aliphatic heterocycles. The van der Waals surface area contributed by atoms with Crippen LogP contribution >= 0.6 is 0 Å². The van der Waals surface area contributed by atoms with E-state index in [1.54, 1.807) is 0 Å². The molecule has 2 aromatic rings. The molecular formula is C27H38N2O2. The lowest BCUT2D eigenvalue weighted by Gasteiger charge is -2.29. The van der Waals surface area contributed by atoms with E-state index in [0.29, 0.717) is 24.6 Å². The number of hydrogen-bond donors (Lipinski definition) is 1. The second-order valence-corrected chi connectivity index (χ2v) is 10.1. The predicted molar refractivity (Wildman–Crippen MR) is 128 cm³/mol. The van der Waals surface area contributed by atoms with E-state index >= 15 is 0 Å². The minimum absolute atomic E-state index is 0.0362. The lowest BCUT2D eigenvalue weighted by molar-refractivity contribution is 0.0938. The number of hydrogen-bond acceptors (Lipinski definition) is 3. The Kier molecular flexibility index (Phi) is 7.77. The summed E-state index contributed by atoms with van der Waals surface area (Å²) in [6, 6.07) is 16.6. The maximum Gasteiger partial charge on any atom is 0.251 e. The van der Waals surface area contributed by atoms with Crippen LogP contribution in [-0.4, -0.2) is 37.0 Å². The lowest BCUT2D eigenvalue weighted by atomic mass is 9.86. The van der Waals surface area contributed by atoms with Crippen LogP contribution in [0, 0.1) is 5.92 Å². The number of benzene rings is 2. The molecule has 4 nitrogen and oxygen atoms in total. The highest BCUT2D eigenvalue weighted by Crippen LogP contribution is 2.28. The Morgan fingerprint density at radius 2 is 1.61 bits per heavy atom. The molecule has 0 radical (unpaired) electrons. The summed E-state index contributed by atoms with van der Waals surface area (Å²) in [5.74, 6) is 1.24. The van der Waals surface area contributed by atoms with Crippen LogP contribution in [0.3, 0.4) is 0 Å². The van der Waals surface area contributed by atoms with E-state index in [2.05, 4.69) is 69.1 Å². The Morgan fingerprint density at radius 1 is 1.00 bits per heavy atom. The van der Waals surface area contributed by atoms with Gasteiger partial charge in [-0.3, -0.25) is 9.69 Å². The molecule has 1 aliphatic rings. The van der Waals surface area contributed by atoms with Crippen molar-refractivity contribution in [3.8, 4) is 5.75 Å². The molecule has 0 aliphatic carbocycles. The fourth-order valence-corrected chi connectivity index (χ4v) is 3.97. The van der Waals surface area contributed by atoms with Gasteiger partial charge in [-0.15, -0.1) is 0 Å². The van der Waals surface area contributed by atoms with Gasteiger partial charge in [0.2, 0.25) is 0 Å². The quantitative estimate of drug-likeness (QED) is 0.603. The number of carbonyl (C=O) groups excluding carboxylic acids is 1. The fraction of sp³-hybridized carbons (Fsp3) is 0.519. The Labute approximate surface area is 188 Å². The first-order valence-electron chi connectivity index (χ1n) is 11.6. The smallest absolute Gasteiger partial charge is 0.251 e. The van der Waals surface area contributed by atoms with Gasteiger partial charge in [0.25, 0.3) is 5.91 Å². The maximum absolute atomic E-state index is 12.8. The van der Waals surface area contributed by atoms with E-state index in [1.807, 2.05) is 24.3 Å². The first kappa shape index (κ1) is 23.3. The second-order valence-electron chi connectivity index (χ2n) is 10.1. The van der Waals surface area contributed by atoms with Crippen LogP contribution in [0.1, 0.15) is 75.0 Å². The molecule has 31 heavy (non-hydrogen) atoms. The number of ether oxygens (including phenoxy) is 1. The van der Waals surface area contributed by atoms with E-state index in [0.717, 1.165) is 18.8 Å². The molecule has 1 amide bonds. The molecule has 0 aromatic heterocycles. The summed E-state index contributed by atoms with van der Waals surface area (Å²) < 4.78 is 5.72. The Morgan fingerprint density at radius 3 is 2.16 bits per heavy atom. The standard InChI is InChI=1S/C27H38N2O2/c1-20(2)19-31-24-14-10-22(11-15-24)26(30)28-18-25(29-16-6-7-17-29)21-8-12-23(13-9-21)27(3,4)5/h8-15,20,25H,6-7,16-19H2,1-5H3,(H,28,30)/t25-/m1/s1. The number of nitrogens with zero attached hydrogens (tertiary/aromatic N) is 1. The topological polar surface area (TPSA) is 41.6 Å². The van der Waals surface area contributed by atoms with Crippen molar-refractivity contribution in [3.05, 3.63) is 65.2 Å². The summed E-state index contributed by atoms with van der Waals surface area (Å²) in [5, 5.41) is 3.17. The number of rotatable bonds is 8. The Hall–Kier alpha value is -2.33. The highest BCUT2D eigenvalue weighted by molar-refractivity contribution is 5.94. The van der Waals surface area contributed by atoms with Gasteiger partial charge in [0.15, 0.2) is 0 Å². The van der Waals surface area contributed by atoms with Gasteiger partial charge in [0.1, 0.15) is 5.75 Å². The van der Waals surface area contributed by atoms with Crippen LogP contribution in [0.4, 0.5) is 0 Å². The molecule has 4 heteroatoms. The van der Waals surface area contributed by atoms with Gasteiger partial charge in [-0.25, -0.2) is 0 Å². The average Bonchev–Trinajstić information content (AvgIpc) is 3.27. The fourth-order valence-electron chi connectivity index (χ4n) is 3.97. The molecule has 1 N–H and O–H groups in total. The van der Waals surface area contributed by atoms with Crippen molar-refractivity contribution in [1.82, 2.24) is 10.2 Å². The second kappa shape index (κ2) is 10.3. The molecule has 1 fully saturated rings. The van der Waals surface area contributed by atoms with E-state index < -0.39 is 0 Å². The minimum atomic E-state index is -0.0362. The summed E-state index contributed by atoms with van der Waals surface area (Å²) >= 11 is 0. The SMILES string of the molecule is CC(C)COc1ccc(C(=O)NC[C@H](c2ccc(C(C)(C)C)cc2)N2CCCC2)cc1. The molecular weight excluding hydrogens is 384 g/mol. The van der Waals surface area contributed by atoms with E-state index in [-0.39, 0.29) is 17.4 Å². The summed E-state index contributed by atoms with van der Waals surface area (Å²) in [6.45, 7) is 14.4. The van der Waals surface area contributed by atoms with Crippen molar-refractivity contribution in [2.45, 2.75) is 58.9 Å². The van der Waals surface area contributed by atoms with Crippen molar-refractivity contribution in [1.29, 1.82) is 0 Å². The van der Waals surface area contributed by atoms with Crippen molar-refractivity contribution >= 4 is 5.91 Å². The molecule has 1 atom stereocenters. The highest BCUT2D eigenvalue weighted by Gasteiger charge is 2.25. The van der Waals surface area contributed by atoms with E-state index in [4.69, 9.17) is 4.74 Å². The summed E-state index contributed by atoms with van der Waals surface area (Å²) in [5.41, 5.74) is 3.41. The van der Waals surface area contributed by atoms with Crippen molar-refractivity contribution in [2.24, 2.45) is 5.92 Å². The summed E-state index contributed by atoms with van der Waals surface area (Å²) in [4.78, 5) is 15.3. The van der Waals surface area contributed by atoms with Gasteiger partial charge in [0.05, 0.1) is 12.6 Å². The molecule has 2 aromatic carbocycles. The third-order valence-electron chi connectivity index (χ3n) is 5.90. The van der Waals surface area contributed by atoms with Crippen molar-refractivity contribution < 1.29 is 9.53 Å². The normalized spacial score (nSPS) is 15.8. The van der Waals surface area contributed by atoms with Gasteiger partial charge < -0.3 is 10.1 Å². The molecule has 3 rings (SSSR count). The molecule has 0 unspecified atom stereocenters. The van der Waals surface area contributed by atoms with Gasteiger partial charge in [-0.05, 0) is 72.7 Å². The first-order valence-corrected chi connectivity index (χ1v) is 11.6. The highest BCUT2D eigenvalue weighted by atomic mass is 16.5. The number of carbonyl (C=O) groups is 1. The molecule has 0 bridgehead atoms. The van der Waals surface area contributed by atoms with Crippen LogP contribution in [0.15, 0.2) is 48.5 Å². The summed E-state index contributed by atoms with van der Waals surface area (Å²) in [6.07, 6.45) is 2.45. The van der Waals surface area contributed by atoms with Crippen LogP contribution in [-0.2, 0) is 5.41 Å². The van der Waals surface area contributed by atoms with Gasteiger partial charge >= 0.3 is 0 Å². The third kappa shape index (κ3) is 6.57. The molecule has 1 heterocycles. The molecule has 168 valence electrons. The predicted octanol–water partition coefficient (Wildman–Crippen LogP) is 5.59. The van der Waals surface area contributed by atoms with Crippen LogP contribution in [0.25, 0.3) is 0 Å². The van der Waals surface area contributed by atoms with E-state index in [9.17, 15) is 4.79 Å². The van der Waals surface area contributed by atoms with Gasteiger partial charge in [-0.1, -0.05) is 58.9 Å². The third-order valence-corrected chi connectivity index (χ3v) is 5.90. The largest absolute Gasteiger partial charge is 0.493 e. The zero-order valence-electron chi connectivity index (χ0n) is 19.8. The zero-order chi connectivity index (χ0) is 22.4. The van der Waals surface area contributed by atoms with Gasteiger partial charge in [-0.2, -0.15) is 0 Å². The van der Waals surface area contributed by atoms with E-state index in [1.165, 1.54) is 24.0 Å². The Balaban J connectivity index is 1.66. The van der Waals surface area contributed by atoms with Crippen LogP contribution in [0.2, 0.25) is 0 Å². The zero-order valence-corrected chi connectivity index (χ0v) is 19.8. The first-order chi connectivity index (χ1) is 14.7.